The van der Waals surface area contributed by atoms with E-state index >= 15 is 0 Å². The summed E-state index contributed by atoms with van der Waals surface area (Å²) in [6, 6.07) is 1.50. The number of hydrogen-bond acceptors (Lipinski definition) is 3. The Morgan fingerprint density at radius 1 is 1.45 bits per heavy atom. The molecule has 7 heteroatoms. The van der Waals surface area contributed by atoms with Crippen molar-refractivity contribution in [2.24, 2.45) is 0 Å². The minimum absolute atomic E-state index is 0.318. The predicted octanol–water partition coefficient (Wildman–Crippen LogP) is 0.922. The molecule has 1 aliphatic rings. The Kier molecular flexibility index (Phi) is 4.26. The molecular weight excluding hydrogens is 260 g/mol. The lowest BCUT2D eigenvalue weighted by Crippen LogP contribution is -2.60. The van der Waals surface area contributed by atoms with Crippen LogP contribution in [0.5, 0.6) is 0 Å². The van der Waals surface area contributed by atoms with Crippen molar-refractivity contribution in [1.82, 2.24) is 20.0 Å². The largest absolute Gasteiger partial charge is 0.480 e. The molecule has 2 N–H and O–H groups in total. The molecule has 1 aromatic heterocycles. The van der Waals surface area contributed by atoms with E-state index in [0.717, 1.165) is 12.8 Å². The van der Waals surface area contributed by atoms with Crippen molar-refractivity contribution in [3.8, 4) is 0 Å². The van der Waals surface area contributed by atoms with Gasteiger partial charge in [-0.15, -0.1) is 0 Å². The fraction of sp³-hybridized carbons (Fsp3) is 0.615. The molecule has 7 nitrogen and oxygen atoms in total. The number of aliphatic carboxylic acids is 1. The van der Waals surface area contributed by atoms with Gasteiger partial charge in [0.1, 0.15) is 5.54 Å². The summed E-state index contributed by atoms with van der Waals surface area (Å²) in [4.78, 5) is 25.0. The summed E-state index contributed by atoms with van der Waals surface area (Å²) < 4.78 is 1.72. The number of nitrogens with one attached hydrogen (secondary N) is 1. The van der Waals surface area contributed by atoms with Crippen LogP contribution in [0.15, 0.2) is 18.5 Å². The summed E-state index contributed by atoms with van der Waals surface area (Å²) in [5.41, 5.74) is -1.10. The van der Waals surface area contributed by atoms with Crippen molar-refractivity contribution in [2.75, 3.05) is 13.1 Å². The van der Waals surface area contributed by atoms with E-state index in [0.29, 0.717) is 26.1 Å². The molecule has 1 unspecified atom stereocenters. The van der Waals surface area contributed by atoms with E-state index in [4.69, 9.17) is 0 Å². The number of urea groups is 1. The number of carbonyl (C=O) groups is 2. The molecule has 1 aromatic rings. The fourth-order valence-electron chi connectivity index (χ4n) is 2.47. The second-order valence-corrected chi connectivity index (χ2v) is 5.19. The number of carbonyl (C=O) groups excluding carboxylic acids is 1. The molecule has 1 aliphatic heterocycles. The minimum Gasteiger partial charge on any atom is -0.480 e. The highest BCUT2D eigenvalue weighted by atomic mass is 16.4. The first-order valence-corrected chi connectivity index (χ1v) is 6.80. The van der Waals surface area contributed by atoms with Crippen molar-refractivity contribution in [1.29, 1.82) is 0 Å². The number of piperidine rings is 1. The van der Waals surface area contributed by atoms with Gasteiger partial charge in [0.2, 0.25) is 0 Å². The lowest BCUT2D eigenvalue weighted by Gasteiger charge is -2.41. The van der Waals surface area contributed by atoms with Crippen LogP contribution in [-0.2, 0) is 11.3 Å². The monoisotopic (exact) mass is 280 g/mol. The Morgan fingerprint density at radius 3 is 2.90 bits per heavy atom. The topological polar surface area (TPSA) is 87.5 Å². The molecule has 0 aliphatic carbocycles. The molecule has 0 bridgehead atoms. The summed E-state index contributed by atoms with van der Waals surface area (Å²) in [5.74, 6) is -0.945. The molecule has 2 amide bonds. The number of carboxylic acids is 1. The zero-order chi connectivity index (χ0) is 14.6. The third kappa shape index (κ3) is 2.92. The number of amides is 2. The first-order valence-electron chi connectivity index (χ1n) is 6.80. The lowest BCUT2D eigenvalue weighted by molar-refractivity contribution is -0.150. The maximum Gasteiger partial charge on any atom is 0.329 e. The second-order valence-electron chi connectivity index (χ2n) is 5.19. The Bertz CT molecular complexity index is 474. The number of aromatic nitrogens is 2. The molecule has 20 heavy (non-hydrogen) atoms. The number of likely N-dealkylation sites (tertiary alicyclic amines) is 1. The van der Waals surface area contributed by atoms with Gasteiger partial charge in [0.25, 0.3) is 0 Å². The van der Waals surface area contributed by atoms with E-state index in [9.17, 15) is 14.7 Å². The highest BCUT2D eigenvalue weighted by molar-refractivity contribution is 5.86. The van der Waals surface area contributed by atoms with E-state index in [1.807, 2.05) is 12.3 Å². The van der Waals surface area contributed by atoms with Gasteiger partial charge < -0.3 is 15.3 Å². The molecule has 1 saturated heterocycles. The Balaban J connectivity index is 1.91. The molecule has 1 fully saturated rings. The number of hydrogen-bond donors (Lipinski definition) is 2. The zero-order valence-electron chi connectivity index (χ0n) is 11.6. The van der Waals surface area contributed by atoms with Gasteiger partial charge in [-0.05, 0) is 32.3 Å². The van der Waals surface area contributed by atoms with Gasteiger partial charge in [-0.1, -0.05) is 0 Å². The van der Waals surface area contributed by atoms with Crippen molar-refractivity contribution >= 4 is 12.0 Å². The third-order valence-corrected chi connectivity index (χ3v) is 3.77. The van der Waals surface area contributed by atoms with Gasteiger partial charge in [-0.25, -0.2) is 9.59 Å². The summed E-state index contributed by atoms with van der Waals surface area (Å²) in [5, 5.41) is 16.2. The number of nitrogens with zero attached hydrogens (tertiary/aromatic N) is 3. The molecule has 0 aromatic carbocycles. The van der Waals surface area contributed by atoms with E-state index in [1.54, 1.807) is 17.8 Å². The highest BCUT2D eigenvalue weighted by Crippen LogP contribution is 2.28. The SMILES string of the molecule is CC1(C(=O)O)CCCCN1C(=O)NCCn1cccn1. The van der Waals surface area contributed by atoms with Crippen LogP contribution in [0.4, 0.5) is 4.79 Å². The smallest absolute Gasteiger partial charge is 0.329 e. The van der Waals surface area contributed by atoms with E-state index in [-0.39, 0.29) is 6.03 Å². The van der Waals surface area contributed by atoms with Gasteiger partial charge >= 0.3 is 12.0 Å². The summed E-state index contributed by atoms with van der Waals surface area (Å²) in [6.45, 7) is 3.08. The van der Waals surface area contributed by atoms with Gasteiger partial charge in [-0.3, -0.25) is 4.68 Å². The maximum atomic E-state index is 12.2. The lowest BCUT2D eigenvalue weighted by atomic mass is 9.89. The second kappa shape index (κ2) is 5.94. The third-order valence-electron chi connectivity index (χ3n) is 3.77. The normalized spacial score (nSPS) is 22.6. The summed E-state index contributed by atoms with van der Waals surface area (Å²) in [6.07, 6.45) is 5.66. The average Bonchev–Trinajstić information content (AvgIpc) is 2.92. The maximum absolute atomic E-state index is 12.2. The van der Waals surface area contributed by atoms with Crippen LogP contribution >= 0.6 is 0 Å². The van der Waals surface area contributed by atoms with Gasteiger partial charge in [-0.2, -0.15) is 5.10 Å². The van der Waals surface area contributed by atoms with Gasteiger partial charge in [0, 0.05) is 25.5 Å². The predicted molar refractivity (Wildman–Crippen MR) is 72.2 cm³/mol. The Morgan fingerprint density at radius 2 is 2.25 bits per heavy atom. The van der Waals surface area contributed by atoms with E-state index < -0.39 is 11.5 Å². The first-order chi connectivity index (χ1) is 9.54. The van der Waals surface area contributed by atoms with Crippen LogP contribution in [0.25, 0.3) is 0 Å². The van der Waals surface area contributed by atoms with E-state index in [2.05, 4.69) is 10.4 Å². The summed E-state index contributed by atoms with van der Waals surface area (Å²) >= 11 is 0. The van der Waals surface area contributed by atoms with Crippen molar-refractivity contribution < 1.29 is 14.7 Å². The molecule has 0 radical (unpaired) electrons. The first kappa shape index (κ1) is 14.4. The number of carboxylic acid groups (broad SMARTS) is 1. The van der Waals surface area contributed by atoms with Crippen LogP contribution < -0.4 is 5.32 Å². The number of rotatable bonds is 4. The van der Waals surface area contributed by atoms with Crippen LogP contribution in [0.1, 0.15) is 26.2 Å². The van der Waals surface area contributed by atoms with Gasteiger partial charge in [0.15, 0.2) is 0 Å². The van der Waals surface area contributed by atoms with Crippen LogP contribution in [0.2, 0.25) is 0 Å². The van der Waals surface area contributed by atoms with E-state index in [1.165, 1.54) is 4.90 Å². The molecule has 2 rings (SSSR count). The van der Waals surface area contributed by atoms with Crippen molar-refractivity contribution in [2.45, 2.75) is 38.3 Å². The van der Waals surface area contributed by atoms with Crippen molar-refractivity contribution in [3.05, 3.63) is 18.5 Å². The van der Waals surface area contributed by atoms with Crippen molar-refractivity contribution in [3.63, 3.8) is 0 Å². The zero-order valence-corrected chi connectivity index (χ0v) is 11.6. The molecule has 0 saturated carbocycles. The molecule has 2 heterocycles. The molecular formula is C13H20N4O3. The quantitative estimate of drug-likeness (QED) is 0.858. The molecule has 0 spiro atoms. The standard InChI is InChI=1S/C13H20N4O3/c1-13(11(18)19)5-2-3-9-17(13)12(20)14-7-10-16-8-4-6-15-16/h4,6,8H,2-3,5,7,9-10H2,1H3,(H,14,20)(H,18,19). The Labute approximate surface area is 117 Å². The van der Waals surface area contributed by atoms with Crippen LogP contribution in [-0.4, -0.2) is 50.4 Å². The van der Waals surface area contributed by atoms with Gasteiger partial charge in [0.05, 0.1) is 6.54 Å². The minimum atomic E-state index is -1.10. The fourth-order valence-corrected chi connectivity index (χ4v) is 2.47. The Hall–Kier alpha value is -2.05. The highest BCUT2D eigenvalue weighted by Gasteiger charge is 2.43. The molecule has 1 atom stereocenters. The van der Waals surface area contributed by atoms with Crippen LogP contribution in [0.3, 0.4) is 0 Å². The average molecular weight is 280 g/mol. The summed E-state index contributed by atoms with van der Waals surface area (Å²) in [7, 11) is 0. The molecule has 110 valence electrons. The van der Waals surface area contributed by atoms with Crippen LogP contribution in [0, 0.1) is 0 Å².